The third kappa shape index (κ3) is 4.31. The van der Waals surface area contributed by atoms with Crippen LogP contribution in [-0.4, -0.2) is 36.0 Å². The average molecular weight is 371 g/mol. The van der Waals surface area contributed by atoms with Gasteiger partial charge in [0.05, 0.1) is 16.6 Å². The van der Waals surface area contributed by atoms with Crippen LogP contribution in [0.2, 0.25) is 5.02 Å². The molecule has 0 aromatic heterocycles. The highest BCUT2D eigenvalue weighted by Crippen LogP contribution is 2.30. The van der Waals surface area contributed by atoms with Crippen LogP contribution in [0.15, 0.2) is 42.5 Å². The smallest absolute Gasteiger partial charge is 0.293 e. The summed E-state index contributed by atoms with van der Waals surface area (Å²) in [6.45, 7) is 4.05. The Morgan fingerprint density at radius 2 is 1.88 bits per heavy atom. The predicted molar refractivity (Wildman–Crippen MR) is 101 cm³/mol. The Morgan fingerprint density at radius 1 is 1.12 bits per heavy atom. The first-order valence-electron chi connectivity index (χ1n) is 8.47. The molecule has 2 aromatic carbocycles. The summed E-state index contributed by atoms with van der Waals surface area (Å²) in [6.07, 6.45) is 0.921. The monoisotopic (exact) mass is 370 g/mol. The molecule has 0 spiro atoms. The van der Waals surface area contributed by atoms with Gasteiger partial charge in [-0.2, -0.15) is 5.26 Å². The van der Waals surface area contributed by atoms with Crippen molar-refractivity contribution in [3.63, 3.8) is 0 Å². The van der Waals surface area contributed by atoms with E-state index < -0.39 is 4.92 Å². The molecule has 7 heteroatoms. The molecular formula is C19H19ClN4O2. The van der Waals surface area contributed by atoms with Gasteiger partial charge in [-0.15, -0.1) is 0 Å². The molecule has 134 valence electrons. The fourth-order valence-corrected chi connectivity index (χ4v) is 3.35. The summed E-state index contributed by atoms with van der Waals surface area (Å²) in [6, 6.07) is 14.5. The molecule has 26 heavy (non-hydrogen) atoms. The van der Waals surface area contributed by atoms with Crippen LogP contribution in [0.1, 0.15) is 17.5 Å². The van der Waals surface area contributed by atoms with Crippen LogP contribution in [0.4, 0.5) is 11.4 Å². The van der Waals surface area contributed by atoms with Crippen LogP contribution >= 0.6 is 11.6 Å². The number of nitro benzene ring substituents is 1. The zero-order valence-electron chi connectivity index (χ0n) is 14.3. The van der Waals surface area contributed by atoms with Gasteiger partial charge < -0.3 is 4.90 Å². The molecule has 3 rings (SSSR count). The largest absolute Gasteiger partial charge is 0.365 e. The fraction of sp³-hybridized carbons (Fsp3) is 0.316. The molecule has 1 heterocycles. The summed E-state index contributed by atoms with van der Waals surface area (Å²) in [4.78, 5) is 15.4. The number of halogens is 1. The van der Waals surface area contributed by atoms with E-state index in [1.54, 1.807) is 12.1 Å². The van der Waals surface area contributed by atoms with E-state index in [4.69, 9.17) is 16.9 Å². The first kappa shape index (κ1) is 18.2. The van der Waals surface area contributed by atoms with Crippen molar-refractivity contribution in [3.8, 4) is 6.07 Å². The summed E-state index contributed by atoms with van der Waals surface area (Å²) in [5, 5.41) is 21.1. The molecule has 0 unspecified atom stereocenters. The van der Waals surface area contributed by atoms with Gasteiger partial charge in [0.25, 0.3) is 5.69 Å². The summed E-state index contributed by atoms with van der Waals surface area (Å²) in [5.74, 6) is 0. The molecule has 0 saturated carbocycles. The Labute approximate surface area is 157 Å². The second kappa shape index (κ2) is 8.17. The zero-order valence-corrected chi connectivity index (χ0v) is 15.0. The minimum atomic E-state index is -0.410. The Kier molecular flexibility index (Phi) is 5.71. The van der Waals surface area contributed by atoms with E-state index in [0.29, 0.717) is 17.8 Å². The molecular weight excluding hydrogens is 352 g/mol. The fourth-order valence-electron chi connectivity index (χ4n) is 3.22. The highest BCUT2D eigenvalue weighted by molar-refractivity contribution is 6.30. The minimum Gasteiger partial charge on any atom is -0.365 e. The van der Waals surface area contributed by atoms with E-state index in [-0.39, 0.29) is 5.69 Å². The number of benzene rings is 2. The lowest BCUT2D eigenvalue weighted by Gasteiger charge is -2.23. The second-order valence-electron chi connectivity index (χ2n) is 6.32. The highest BCUT2D eigenvalue weighted by atomic mass is 35.5. The van der Waals surface area contributed by atoms with Crippen molar-refractivity contribution in [2.24, 2.45) is 0 Å². The lowest BCUT2D eigenvalue weighted by atomic mass is 10.1. The third-order valence-electron chi connectivity index (χ3n) is 4.55. The molecule has 0 N–H and O–H groups in total. The quantitative estimate of drug-likeness (QED) is 0.604. The van der Waals surface area contributed by atoms with Crippen LogP contribution < -0.4 is 4.90 Å². The first-order chi connectivity index (χ1) is 12.6. The van der Waals surface area contributed by atoms with Crippen molar-refractivity contribution >= 4 is 23.0 Å². The minimum absolute atomic E-state index is 0.00444. The molecule has 0 atom stereocenters. The topological polar surface area (TPSA) is 73.4 Å². The van der Waals surface area contributed by atoms with Crippen molar-refractivity contribution in [1.29, 1.82) is 5.26 Å². The van der Waals surface area contributed by atoms with Crippen LogP contribution in [0.5, 0.6) is 0 Å². The van der Waals surface area contributed by atoms with Crippen LogP contribution in [0.25, 0.3) is 0 Å². The molecule has 0 amide bonds. The van der Waals surface area contributed by atoms with Gasteiger partial charge in [0.2, 0.25) is 0 Å². The molecule has 0 bridgehead atoms. The summed E-state index contributed by atoms with van der Waals surface area (Å²) >= 11 is 5.93. The number of anilines is 1. The van der Waals surface area contributed by atoms with Crippen molar-refractivity contribution in [3.05, 3.63) is 68.7 Å². The van der Waals surface area contributed by atoms with E-state index in [1.165, 1.54) is 11.6 Å². The maximum absolute atomic E-state index is 11.4. The van der Waals surface area contributed by atoms with Crippen molar-refractivity contribution in [2.45, 2.75) is 13.0 Å². The van der Waals surface area contributed by atoms with Crippen molar-refractivity contribution in [1.82, 2.24) is 4.90 Å². The van der Waals surface area contributed by atoms with Gasteiger partial charge in [-0.1, -0.05) is 23.7 Å². The van der Waals surface area contributed by atoms with E-state index in [1.807, 2.05) is 35.2 Å². The highest BCUT2D eigenvalue weighted by Gasteiger charge is 2.22. The Bertz CT molecular complexity index is 832. The maximum Gasteiger partial charge on any atom is 0.293 e. The average Bonchev–Trinajstić information content (AvgIpc) is 2.88. The van der Waals surface area contributed by atoms with E-state index in [0.717, 1.165) is 37.6 Å². The van der Waals surface area contributed by atoms with Gasteiger partial charge >= 0.3 is 0 Å². The number of nitrogens with zero attached hydrogens (tertiary/aromatic N) is 4. The SMILES string of the molecule is N#Cc1ccc(N2CCCN(Cc3ccc(Cl)cc3)CC2)c([N+](=O)[O-])c1. The van der Waals surface area contributed by atoms with E-state index in [9.17, 15) is 10.1 Å². The second-order valence-corrected chi connectivity index (χ2v) is 6.75. The van der Waals surface area contributed by atoms with Gasteiger partial charge in [-0.05, 0) is 36.2 Å². The summed E-state index contributed by atoms with van der Waals surface area (Å²) in [7, 11) is 0. The summed E-state index contributed by atoms with van der Waals surface area (Å²) < 4.78 is 0. The number of rotatable bonds is 4. The predicted octanol–water partition coefficient (Wildman–Crippen LogP) is 3.83. The molecule has 1 aliphatic heterocycles. The van der Waals surface area contributed by atoms with Gasteiger partial charge in [0.1, 0.15) is 5.69 Å². The lowest BCUT2D eigenvalue weighted by molar-refractivity contribution is -0.384. The summed E-state index contributed by atoms with van der Waals surface area (Å²) in [5.41, 5.74) is 2.09. The van der Waals surface area contributed by atoms with Gasteiger partial charge in [-0.25, -0.2) is 0 Å². The maximum atomic E-state index is 11.4. The van der Waals surface area contributed by atoms with Crippen LogP contribution in [0.3, 0.4) is 0 Å². The van der Waals surface area contributed by atoms with E-state index in [2.05, 4.69) is 4.90 Å². The lowest BCUT2D eigenvalue weighted by Crippen LogP contribution is -2.30. The van der Waals surface area contributed by atoms with Crippen LogP contribution in [0, 0.1) is 21.4 Å². The van der Waals surface area contributed by atoms with Gasteiger partial charge in [0.15, 0.2) is 0 Å². The first-order valence-corrected chi connectivity index (χ1v) is 8.85. The van der Waals surface area contributed by atoms with Crippen molar-refractivity contribution in [2.75, 3.05) is 31.1 Å². The molecule has 0 aliphatic carbocycles. The van der Waals surface area contributed by atoms with Gasteiger partial charge in [-0.3, -0.25) is 15.0 Å². The number of hydrogen-bond acceptors (Lipinski definition) is 5. The van der Waals surface area contributed by atoms with Crippen LogP contribution in [-0.2, 0) is 6.54 Å². The standard InChI is InChI=1S/C19H19ClN4O2/c20-17-5-2-15(3-6-17)14-22-8-1-9-23(11-10-22)18-7-4-16(13-21)12-19(18)24(25)26/h2-7,12H,1,8-11,14H2. The van der Waals surface area contributed by atoms with E-state index >= 15 is 0 Å². The number of nitro groups is 1. The Morgan fingerprint density at radius 3 is 2.58 bits per heavy atom. The molecule has 1 saturated heterocycles. The third-order valence-corrected chi connectivity index (χ3v) is 4.80. The van der Waals surface area contributed by atoms with Crippen molar-refractivity contribution < 1.29 is 4.92 Å². The van der Waals surface area contributed by atoms with Gasteiger partial charge in [0, 0.05) is 43.8 Å². The molecule has 2 aromatic rings. The molecule has 6 nitrogen and oxygen atoms in total. The number of nitriles is 1. The normalized spacial score (nSPS) is 15.3. The number of hydrogen-bond donors (Lipinski definition) is 0. The Balaban J connectivity index is 1.71. The Hall–Kier alpha value is -2.62. The molecule has 1 fully saturated rings. The molecule has 0 radical (unpaired) electrons. The molecule has 1 aliphatic rings. The zero-order chi connectivity index (χ0) is 18.5.